The zero-order valence-electron chi connectivity index (χ0n) is 20.5. The highest BCUT2D eigenvalue weighted by molar-refractivity contribution is 7.21. The van der Waals surface area contributed by atoms with Crippen molar-refractivity contribution in [1.29, 1.82) is 0 Å². The van der Waals surface area contributed by atoms with Gasteiger partial charge < -0.3 is 19.5 Å². The molecule has 4 aromatic rings. The molecule has 1 N–H and O–H groups in total. The molecule has 36 heavy (non-hydrogen) atoms. The minimum atomic E-state index is -2.97. The number of halogens is 2. The zero-order chi connectivity index (χ0) is 26.0. The summed E-state index contributed by atoms with van der Waals surface area (Å²) < 4.78 is 41.5. The van der Waals surface area contributed by atoms with Gasteiger partial charge in [-0.25, -0.2) is 19.7 Å². The summed E-state index contributed by atoms with van der Waals surface area (Å²) in [6.45, 7) is 6.84. The predicted molar refractivity (Wildman–Crippen MR) is 134 cm³/mol. The third-order valence-electron chi connectivity index (χ3n) is 4.91. The average Bonchev–Trinajstić information content (AvgIpc) is 3.19. The van der Waals surface area contributed by atoms with E-state index in [9.17, 15) is 13.6 Å². The van der Waals surface area contributed by atoms with Crippen molar-refractivity contribution >= 4 is 38.7 Å². The van der Waals surface area contributed by atoms with E-state index in [1.54, 1.807) is 26.8 Å². The van der Waals surface area contributed by atoms with E-state index < -0.39 is 18.3 Å². The van der Waals surface area contributed by atoms with E-state index in [0.717, 1.165) is 31.9 Å². The van der Waals surface area contributed by atoms with Gasteiger partial charge in [-0.1, -0.05) is 0 Å². The first-order valence-electron chi connectivity index (χ1n) is 11.2. The largest absolute Gasteiger partial charge is 0.492 e. The molecule has 0 aliphatic rings. The van der Waals surface area contributed by atoms with Crippen LogP contribution in [-0.4, -0.2) is 46.4 Å². The quantitative estimate of drug-likeness (QED) is 0.300. The molecule has 0 fully saturated rings. The van der Waals surface area contributed by atoms with Crippen molar-refractivity contribution < 1.29 is 27.8 Å². The number of thiazole rings is 1. The lowest BCUT2D eigenvalue weighted by Gasteiger charge is -2.19. The van der Waals surface area contributed by atoms with E-state index in [1.807, 2.05) is 32.0 Å². The number of benzene rings is 2. The molecule has 0 aliphatic heterocycles. The number of nitrogens with one attached hydrogen (secondary N) is 1. The Bertz CT molecular complexity index is 1420. The van der Waals surface area contributed by atoms with Crippen LogP contribution in [0.1, 0.15) is 31.9 Å². The fourth-order valence-electron chi connectivity index (χ4n) is 3.56. The van der Waals surface area contributed by atoms with Crippen molar-refractivity contribution in [1.82, 2.24) is 20.3 Å². The van der Waals surface area contributed by atoms with Crippen LogP contribution in [0.2, 0.25) is 0 Å². The molecule has 1 amide bonds. The third-order valence-corrected chi connectivity index (χ3v) is 5.94. The predicted octanol–water partition coefficient (Wildman–Crippen LogP) is 6.03. The van der Waals surface area contributed by atoms with Crippen LogP contribution in [-0.2, 0) is 4.74 Å². The van der Waals surface area contributed by atoms with Gasteiger partial charge in [-0.3, -0.25) is 0 Å². The molecule has 0 unspecified atom stereocenters. The van der Waals surface area contributed by atoms with Gasteiger partial charge in [0, 0.05) is 5.56 Å². The number of carbonyl (C=O) groups is 1. The maximum absolute atomic E-state index is 12.6. The number of aromatic nitrogens is 3. The molecule has 0 atom stereocenters. The Morgan fingerprint density at radius 2 is 1.89 bits per heavy atom. The molecule has 2 heterocycles. The van der Waals surface area contributed by atoms with Crippen molar-refractivity contribution in [2.75, 3.05) is 13.2 Å². The maximum Gasteiger partial charge on any atom is 0.407 e. The number of fused-ring (bicyclic) bond motifs is 2. The van der Waals surface area contributed by atoms with Gasteiger partial charge in [0.2, 0.25) is 5.88 Å². The Hall–Kier alpha value is -3.60. The number of carbonyl (C=O) groups excluding carboxylic acids is 1. The lowest BCUT2D eigenvalue weighted by atomic mass is 10.1. The number of rotatable bonds is 7. The number of ether oxygens (including phenoxy) is 3. The molecular weight excluding hydrogens is 490 g/mol. The summed E-state index contributed by atoms with van der Waals surface area (Å²) in [5.41, 5.74) is 3.83. The number of aryl methyl sites for hydroxylation is 2. The highest BCUT2D eigenvalue weighted by atomic mass is 32.1. The Balaban J connectivity index is 1.55. The molecule has 4 rings (SSSR count). The number of nitrogens with zero attached hydrogens (tertiary/aromatic N) is 3. The number of amides is 1. The molecule has 0 radical (unpaired) electrons. The monoisotopic (exact) mass is 516 g/mol. The molecule has 0 saturated carbocycles. The second-order valence-corrected chi connectivity index (χ2v) is 10.2. The normalized spacial score (nSPS) is 11.8. The van der Waals surface area contributed by atoms with Gasteiger partial charge in [-0.15, -0.1) is 11.3 Å². The molecular formula is C25H26F2N4O4S. The number of alkyl carbamates (subject to hydrolysis) is 1. The Labute approximate surface area is 210 Å². The van der Waals surface area contributed by atoms with Gasteiger partial charge in [0.15, 0.2) is 0 Å². The van der Waals surface area contributed by atoms with Crippen LogP contribution < -0.4 is 14.8 Å². The summed E-state index contributed by atoms with van der Waals surface area (Å²) >= 11 is 1.47. The molecule has 190 valence electrons. The minimum Gasteiger partial charge on any atom is -0.492 e. The fraction of sp³-hybridized carbons (Fsp3) is 0.360. The summed E-state index contributed by atoms with van der Waals surface area (Å²) in [6.07, 6.45) is 0.689. The van der Waals surface area contributed by atoms with E-state index in [2.05, 4.69) is 20.0 Å². The van der Waals surface area contributed by atoms with E-state index in [4.69, 9.17) is 14.5 Å². The van der Waals surface area contributed by atoms with Crippen LogP contribution in [0.25, 0.3) is 31.8 Å². The van der Waals surface area contributed by atoms with E-state index >= 15 is 0 Å². The van der Waals surface area contributed by atoms with Crippen LogP contribution in [0.15, 0.2) is 30.5 Å². The Morgan fingerprint density at radius 1 is 1.11 bits per heavy atom. The number of hydrogen-bond donors (Lipinski definition) is 1. The van der Waals surface area contributed by atoms with Gasteiger partial charge in [0.05, 0.1) is 34.0 Å². The third kappa shape index (κ3) is 6.14. The van der Waals surface area contributed by atoms with E-state index in [0.29, 0.717) is 23.3 Å². The standard InChI is InChI=1S/C25H26F2N4O4S/c1-13-8-16(21-17(9-13)30-19(12-29-21)34-23(26)27)22-31-20-14(2)10-15(11-18(20)36-22)33-7-6-28-24(32)35-25(3,4)5/h8-12,23H,6-7H2,1-5H3,(H,28,32). The first-order valence-corrected chi connectivity index (χ1v) is 12.0. The average molecular weight is 517 g/mol. The zero-order valence-corrected chi connectivity index (χ0v) is 21.3. The van der Waals surface area contributed by atoms with Crippen LogP contribution in [0.3, 0.4) is 0 Å². The van der Waals surface area contributed by atoms with Crippen molar-refractivity contribution in [2.45, 2.75) is 46.8 Å². The van der Waals surface area contributed by atoms with Crippen molar-refractivity contribution in [3.05, 3.63) is 41.6 Å². The number of hydrogen-bond acceptors (Lipinski definition) is 8. The Kier molecular flexibility index (Phi) is 7.21. The van der Waals surface area contributed by atoms with Gasteiger partial charge in [-0.05, 0) is 70.0 Å². The molecule has 2 aromatic heterocycles. The van der Waals surface area contributed by atoms with Crippen LogP contribution in [0.5, 0.6) is 11.6 Å². The Morgan fingerprint density at radius 3 is 2.61 bits per heavy atom. The van der Waals surface area contributed by atoms with Crippen molar-refractivity contribution in [3.63, 3.8) is 0 Å². The topological polar surface area (TPSA) is 95.5 Å². The van der Waals surface area contributed by atoms with Gasteiger partial charge in [-0.2, -0.15) is 8.78 Å². The summed E-state index contributed by atoms with van der Waals surface area (Å²) in [4.78, 5) is 25.1. The first kappa shape index (κ1) is 25.5. The van der Waals surface area contributed by atoms with Gasteiger partial charge in [0.1, 0.15) is 23.0 Å². The van der Waals surface area contributed by atoms with Crippen LogP contribution >= 0.6 is 11.3 Å². The second-order valence-electron chi connectivity index (χ2n) is 9.15. The van der Waals surface area contributed by atoms with E-state index in [1.165, 1.54) is 17.5 Å². The van der Waals surface area contributed by atoms with Crippen molar-refractivity contribution in [3.8, 4) is 22.2 Å². The first-order chi connectivity index (χ1) is 17.0. The molecule has 11 heteroatoms. The minimum absolute atomic E-state index is 0.239. The lowest BCUT2D eigenvalue weighted by Crippen LogP contribution is -2.34. The van der Waals surface area contributed by atoms with Crippen LogP contribution in [0.4, 0.5) is 13.6 Å². The highest BCUT2D eigenvalue weighted by Gasteiger charge is 2.17. The smallest absolute Gasteiger partial charge is 0.407 e. The van der Waals surface area contributed by atoms with Crippen molar-refractivity contribution in [2.24, 2.45) is 0 Å². The van der Waals surface area contributed by atoms with Crippen LogP contribution in [0, 0.1) is 13.8 Å². The molecule has 0 saturated heterocycles. The summed E-state index contributed by atoms with van der Waals surface area (Å²) in [7, 11) is 0. The summed E-state index contributed by atoms with van der Waals surface area (Å²) in [5, 5.41) is 3.39. The summed E-state index contributed by atoms with van der Waals surface area (Å²) in [5.74, 6) is 0.418. The lowest BCUT2D eigenvalue weighted by molar-refractivity contribution is -0.0528. The highest BCUT2D eigenvalue weighted by Crippen LogP contribution is 2.37. The van der Waals surface area contributed by atoms with E-state index in [-0.39, 0.29) is 12.5 Å². The fourth-order valence-corrected chi connectivity index (χ4v) is 4.65. The SMILES string of the molecule is Cc1cc(-c2nc3c(C)cc(OCCNC(=O)OC(C)(C)C)cc3s2)c2ncc(OC(F)F)nc2c1. The maximum atomic E-state index is 12.6. The van der Waals surface area contributed by atoms with Gasteiger partial charge in [0.25, 0.3) is 0 Å². The molecule has 2 aromatic carbocycles. The summed E-state index contributed by atoms with van der Waals surface area (Å²) in [6, 6.07) is 7.49. The second kappa shape index (κ2) is 10.2. The molecule has 8 nitrogen and oxygen atoms in total. The van der Waals surface area contributed by atoms with Gasteiger partial charge >= 0.3 is 12.7 Å². The molecule has 0 spiro atoms. The molecule has 0 bridgehead atoms. The molecule has 0 aliphatic carbocycles. The number of alkyl halides is 2.